The second-order valence-electron chi connectivity index (χ2n) is 8.30. The Balaban J connectivity index is 2.25. The van der Waals surface area contributed by atoms with Gasteiger partial charge >= 0.3 is 5.97 Å². The molecule has 0 fully saturated rings. The highest BCUT2D eigenvalue weighted by molar-refractivity contribution is 7.17. The van der Waals surface area contributed by atoms with Crippen molar-refractivity contribution >= 4 is 27.5 Å². The molecule has 0 saturated carbocycles. The van der Waals surface area contributed by atoms with Crippen LogP contribution in [0.1, 0.15) is 65.3 Å². The average Bonchev–Trinajstić information content (AvgIpc) is 3.12. The van der Waals surface area contributed by atoms with Crippen LogP contribution in [0.25, 0.3) is 21.3 Å². The fourth-order valence-electron chi connectivity index (χ4n) is 3.66. The van der Waals surface area contributed by atoms with E-state index < -0.39 is 11.5 Å². The predicted molar refractivity (Wildman–Crippen MR) is 123 cm³/mol. The Morgan fingerprint density at radius 2 is 1.87 bits per heavy atom. The van der Waals surface area contributed by atoms with Gasteiger partial charge in [-0.2, -0.15) is 0 Å². The molecule has 0 N–H and O–H groups in total. The number of ether oxygens (including phenoxy) is 1. The molecule has 160 valence electrons. The molecule has 0 unspecified atom stereocenters. The van der Waals surface area contributed by atoms with E-state index in [4.69, 9.17) is 9.72 Å². The first-order chi connectivity index (χ1) is 14.2. The van der Waals surface area contributed by atoms with E-state index in [0.29, 0.717) is 28.4 Å². The van der Waals surface area contributed by atoms with Gasteiger partial charge in [-0.1, -0.05) is 45.0 Å². The summed E-state index contributed by atoms with van der Waals surface area (Å²) in [6.07, 6.45) is 1.44. The summed E-state index contributed by atoms with van der Waals surface area (Å²) in [5, 5.41) is 2.55. The molecule has 0 aliphatic carbocycles. The summed E-state index contributed by atoms with van der Waals surface area (Å²) < 4.78 is 6.81. The van der Waals surface area contributed by atoms with Gasteiger partial charge in [0.25, 0.3) is 5.56 Å². The highest BCUT2D eigenvalue weighted by Crippen LogP contribution is 2.33. The van der Waals surface area contributed by atoms with Crippen molar-refractivity contribution in [2.24, 2.45) is 0 Å². The third-order valence-electron chi connectivity index (χ3n) is 5.37. The van der Waals surface area contributed by atoms with E-state index in [0.717, 1.165) is 17.5 Å². The van der Waals surface area contributed by atoms with Crippen LogP contribution in [-0.2, 0) is 21.5 Å². The molecule has 3 rings (SSSR count). The van der Waals surface area contributed by atoms with E-state index in [1.165, 1.54) is 21.5 Å². The maximum Gasteiger partial charge on any atom is 0.331 e. The van der Waals surface area contributed by atoms with E-state index in [1.54, 1.807) is 20.8 Å². The summed E-state index contributed by atoms with van der Waals surface area (Å²) in [6, 6.07) is 8.31. The van der Waals surface area contributed by atoms with Crippen LogP contribution < -0.4 is 5.56 Å². The van der Waals surface area contributed by atoms with Gasteiger partial charge in [-0.05, 0) is 44.2 Å². The van der Waals surface area contributed by atoms with E-state index in [-0.39, 0.29) is 12.2 Å². The highest BCUT2D eigenvalue weighted by atomic mass is 32.1. The Hall–Kier alpha value is -2.47. The molecule has 0 saturated heterocycles. The van der Waals surface area contributed by atoms with Gasteiger partial charge in [-0.25, -0.2) is 9.78 Å². The molecule has 6 heteroatoms. The summed E-state index contributed by atoms with van der Waals surface area (Å²) in [5.74, 6) is 0.638. The number of carbonyl (C=O) groups is 1. The lowest BCUT2D eigenvalue weighted by Crippen LogP contribution is -2.45. The van der Waals surface area contributed by atoms with Crippen LogP contribution in [0.4, 0.5) is 0 Å². The van der Waals surface area contributed by atoms with Crippen LogP contribution in [0.15, 0.2) is 34.4 Å². The largest absolute Gasteiger partial charge is 0.464 e. The molecule has 0 spiro atoms. The Bertz CT molecular complexity index is 1110. The molecule has 0 amide bonds. The minimum atomic E-state index is -1.14. The fraction of sp³-hybridized carbons (Fsp3) is 0.458. The minimum absolute atomic E-state index is 0.189. The smallest absolute Gasteiger partial charge is 0.331 e. The number of aryl methyl sites for hydroxylation is 1. The highest BCUT2D eigenvalue weighted by Gasteiger charge is 2.35. The number of nitrogens with zero attached hydrogens (tertiary/aromatic N) is 2. The van der Waals surface area contributed by atoms with E-state index in [2.05, 4.69) is 38.1 Å². The molecule has 5 nitrogen and oxygen atoms in total. The monoisotopic (exact) mass is 426 g/mol. The van der Waals surface area contributed by atoms with Crippen molar-refractivity contribution < 1.29 is 9.53 Å². The number of fused-ring (bicyclic) bond motifs is 1. The average molecular weight is 427 g/mol. The van der Waals surface area contributed by atoms with Crippen molar-refractivity contribution in [3.63, 3.8) is 0 Å². The molecule has 0 atom stereocenters. The zero-order valence-electron chi connectivity index (χ0n) is 18.6. The summed E-state index contributed by atoms with van der Waals surface area (Å²) in [7, 11) is 0. The van der Waals surface area contributed by atoms with Gasteiger partial charge in [-0.3, -0.25) is 9.36 Å². The Morgan fingerprint density at radius 1 is 1.20 bits per heavy atom. The molecular formula is C24H30N2O3S. The van der Waals surface area contributed by atoms with Gasteiger partial charge in [0.05, 0.1) is 12.0 Å². The topological polar surface area (TPSA) is 61.2 Å². The number of benzene rings is 1. The normalized spacial score (nSPS) is 12.0. The van der Waals surface area contributed by atoms with Crippen LogP contribution in [0.5, 0.6) is 0 Å². The Labute approximate surface area is 181 Å². The van der Waals surface area contributed by atoms with Gasteiger partial charge < -0.3 is 4.74 Å². The first-order valence-corrected chi connectivity index (χ1v) is 11.4. The minimum Gasteiger partial charge on any atom is -0.464 e. The van der Waals surface area contributed by atoms with Crippen LogP contribution >= 0.6 is 11.3 Å². The second kappa shape index (κ2) is 8.72. The summed E-state index contributed by atoms with van der Waals surface area (Å²) >= 11 is 1.47. The van der Waals surface area contributed by atoms with E-state index in [9.17, 15) is 9.59 Å². The number of thiophene rings is 1. The van der Waals surface area contributed by atoms with E-state index in [1.807, 2.05) is 12.3 Å². The van der Waals surface area contributed by atoms with Crippen molar-refractivity contribution in [1.29, 1.82) is 0 Å². The number of rotatable bonds is 7. The van der Waals surface area contributed by atoms with Crippen LogP contribution in [0.2, 0.25) is 0 Å². The first kappa shape index (κ1) is 22.2. The second-order valence-corrected chi connectivity index (χ2v) is 9.16. The number of hydrogen-bond acceptors (Lipinski definition) is 5. The predicted octanol–water partition coefficient (Wildman–Crippen LogP) is 5.50. The molecule has 0 bridgehead atoms. The fourth-order valence-corrected chi connectivity index (χ4v) is 4.62. The molecule has 30 heavy (non-hydrogen) atoms. The molecule has 3 aromatic rings. The number of esters is 1. The van der Waals surface area contributed by atoms with Crippen LogP contribution in [0.3, 0.4) is 0 Å². The van der Waals surface area contributed by atoms with Gasteiger partial charge in [0.2, 0.25) is 0 Å². The lowest BCUT2D eigenvalue weighted by atomic mass is 9.98. The summed E-state index contributed by atoms with van der Waals surface area (Å²) in [4.78, 5) is 31.9. The lowest BCUT2D eigenvalue weighted by Gasteiger charge is -2.27. The molecule has 0 aliphatic heterocycles. The SMILES string of the molecule is CCCc1nc2scc(-c3ccc(C(C)C)cc3)c2c(=O)n1C(C)(C)C(=O)OCC. The molecule has 2 aromatic heterocycles. The van der Waals surface area contributed by atoms with Crippen molar-refractivity contribution in [3.05, 3.63) is 51.4 Å². The van der Waals surface area contributed by atoms with Gasteiger partial charge in [0.1, 0.15) is 16.2 Å². The Kier molecular flexibility index (Phi) is 6.46. The molecular weight excluding hydrogens is 396 g/mol. The molecule has 1 aromatic carbocycles. The quantitative estimate of drug-likeness (QED) is 0.468. The van der Waals surface area contributed by atoms with Crippen LogP contribution in [-0.4, -0.2) is 22.1 Å². The zero-order chi connectivity index (χ0) is 22.1. The van der Waals surface area contributed by atoms with Crippen LogP contribution in [0, 0.1) is 0 Å². The third kappa shape index (κ3) is 3.93. The number of aromatic nitrogens is 2. The third-order valence-corrected chi connectivity index (χ3v) is 6.25. The van der Waals surface area contributed by atoms with Gasteiger partial charge in [-0.15, -0.1) is 11.3 Å². The standard InChI is InChI=1S/C24H30N2O3S/c1-7-9-19-25-21-20(22(27)26(19)24(5,6)23(28)29-8-2)18(14-30-21)17-12-10-16(11-13-17)15(3)4/h10-15H,7-9H2,1-6H3. The maximum absolute atomic E-state index is 13.7. The zero-order valence-corrected chi connectivity index (χ0v) is 19.4. The number of hydrogen-bond donors (Lipinski definition) is 0. The molecule has 2 heterocycles. The first-order valence-electron chi connectivity index (χ1n) is 10.5. The van der Waals surface area contributed by atoms with Gasteiger partial charge in [0, 0.05) is 17.4 Å². The summed E-state index contributed by atoms with van der Waals surface area (Å²) in [6.45, 7) is 11.8. The van der Waals surface area contributed by atoms with Crippen molar-refractivity contribution in [3.8, 4) is 11.1 Å². The van der Waals surface area contributed by atoms with Crippen molar-refractivity contribution in [2.45, 2.75) is 65.8 Å². The van der Waals surface area contributed by atoms with Gasteiger partial charge in [0.15, 0.2) is 0 Å². The van der Waals surface area contributed by atoms with Crippen molar-refractivity contribution in [2.75, 3.05) is 6.61 Å². The number of carbonyl (C=O) groups excluding carboxylic acids is 1. The Morgan fingerprint density at radius 3 is 2.43 bits per heavy atom. The van der Waals surface area contributed by atoms with E-state index >= 15 is 0 Å². The maximum atomic E-state index is 13.7. The molecule has 0 aliphatic rings. The summed E-state index contributed by atoms with van der Waals surface area (Å²) in [5.41, 5.74) is 1.76. The molecule has 0 radical (unpaired) electrons. The lowest BCUT2D eigenvalue weighted by molar-refractivity contribution is -0.152. The van der Waals surface area contributed by atoms with Crippen molar-refractivity contribution in [1.82, 2.24) is 9.55 Å².